The molecule has 0 aliphatic heterocycles. The molecule has 2 rings (SSSR count). The topological polar surface area (TPSA) is 55.1 Å². The molecule has 1 unspecified atom stereocenters. The first-order chi connectivity index (χ1) is 9.40. The molecule has 106 valence electrons. The van der Waals surface area contributed by atoms with Gasteiger partial charge in [-0.2, -0.15) is 5.10 Å². The van der Waals surface area contributed by atoms with Crippen LogP contribution in [0.5, 0.6) is 0 Å². The molecule has 1 aromatic carbocycles. The van der Waals surface area contributed by atoms with Gasteiger partial charge < -0.3 is 5.11 Å². The average molecular weight is 358 g/mol. The SMILES string of the molecule is Cc1nn(C)c(Cl)c1CC(C(=O)O)c1ccc(Br)cc1. The standard InChI is InChI=1S/C14H14BrClN2O2/c1-8-11(13(16)18(2)17-8)7-12(14(19)20)9-3-5-10(15)6-4-9/h3-6,12H,7H2,1-2H3,(H,19,20). The van der Waals surface area contributed by atoms with E-state index in [0.29, 0.717) is 11.6 Å². The van der Waals surface area contributed by atoms with Crippen molar-refractivity contribution in [1.29, 1.82) is 0 Å². The summed E-state index contributed by atoms with van der Waals surface area (Å²) in [6, 6.07) is 7.29. The molecule has 0 spiro atoms. The predicted octanol–water partition coefficient (Wildman–Crippen LogP) is 3.56. The normalized spacial score (nSPS) is 12.4. The van der Waals surface area contributed by atoms with Gasteiger partial charge in [0.15, 0.2) is 0 Å². The minimum Gasteiger partial charge on any atom is -0.481 e. The van der Waals surface area contributed by atoms with Crippen molar-refractivity contribution >= 4 is 33.5 Å². The molecule has 0 fully saturated rings. The fourth-order valence-electron chi connectivity index (χ4n) is 2.15. The minimum atomic E-state index is -0.869. The first kappa shape index (κ1) is 15.1. The number of halogens is 2. The number of aliphatic carboxylic acids is 1. The molecular formula is C14H14BrClN2O2. The highest BCUT2D eigenvalue weighted by atomic mass is 79.9. The van der Waals surface area contributed by atoms with Crippen LogP contribution in [0.15, 0.2) is 28.7 Å². The zero-order valence-corrected chi connectivity index (χ0v) is 13.4. The molecule has 0 bridgehead atoms. The van der Waals surface area contributed by atoms with Gasteiger partial charge in [0.25, 0.3) is 0 Å². The van der Waals surface area contributed by atoms with Crippen LogP contribution in [-0.4, -0.2) is 20.9 Å². The van der Waals surface area contributed by atoms with Crippen LogP contribution in [0.2, 0.25) is 5.15 Å². The van der Waals surface area contributed by atoms with Gasteiger partial charge in [-0.15, -0.1) is 0 Å². The summed E-state index contributed by atoms with van der Waals surface area (Å²) in [5.41, 5.74) is 2.30. The second-order valence-electron chi connectivity index (χ2n) is 4.62. The Morgan fingerprint density at radius 2 is 2.05 bits per heavy atom. The van der Waals surface area contributed by atoms with Gasteiger partial charge in [0.2, 0.25) is 0 Å². The van der Waals surface area contributed by atoms with Crippen LogP contribution in [0, 0.1) is 6.92 Å². The zero-order chi connectivity index (χ0) is 14.9. The number of aryl methyl sites for hydroxylation is 2. The molecule has 0 saturated heterocycles. The lowest BCUT2D eigenvalue weighted by Gasteiger charge is -2.13. The minimum absolute atomic E-state index is 0.329. The second kappa shape index (κ2) is 5.97. The Bertz CT molecular complexity index is 637. The van der Waals surface area contributed by atoms with E-state index in [4.69, 9.17) is 11.6 Å². The van der Waals surface area contributed by atoms with Crippen LogP contribution < -0.4 is 0 Å². The van der Waals surface area contributed by atoms with E-state index in [-0.39, 0.29) is 0 Å². The maximum absolute atomic E-state index is 11.5. The van der Waals surface area contributed by atoms with Crippen LogP contribution in [0.1, 0.15) is 22.7 Å². The van der Waals surface area contributed by atoms with Crippen molar-refractivity contribution in [1.82, 2.24) is 9.78 Å². The summed E-state index contributed by atoms with van der Waals surface area (Å²) in [6.07, 6.45) is 0.329. The molecule has 6 heteroatoms. The maximum atomic E-state index is 11.5. The molecular weight excluding hydrogens is 344 g/mol. The average Bonchev–Trinajstić information content (AvgIpc) is 2.62. The number of carboxylic acid groups (broad SMARTS) is 1. The van der Waals surface area contributed by atoms with E-state index >= 15 is 0 Å². The Hall–Kier alpha value is -1.33. The van der Waals surface area contributed by atoms with Gasteiger partial charge in [-0.3, -0.25) is 9.48 Å². The van der Waals surface area contributed by atoms with Crippen LogP contribution >= 0.6 is 27.5 Å². The summed E-state index contributed by atoms with van der Waals surface area (Å²) in [7, 11) is 1.74. The van der Waals surface area contributed by atoms with Crippen LogP contribution in [0.25, 0.3) is 0 Å². The van der Waals surface area contributed by atoms with Crippen LogP contribution in [-0.2, 0) is 18.3 Å². The molecule has 1 atom stereocenters. The van der Waals surface area contributed by atoms with E-state index in [1.807, 2.05) is 31.2 Å². The van der Waals surface area contributed by atoms with Gasteiger partial charge in [-0.1, -0.05) is 39.7 Å². The van der Waals surface area contributed by atoms with Gasteiger partial charge in [-0.05, 0) is 31.0 Å². The van der Waals surface area contributed by atoms with E-state index in [1.54, 1.807) is 11.7 Å². The summed E-state index contributed by atoms with van der Waals surface area (Å²) in [6.45, 7) is 1.84. The van der Waals surface area contributed by atoms with Gasteiger partial charge in [-0.25, -0.2) is 0 Å². The summed E-state index contributed by atoms with van der Waals surface area (Å²) in [4.78, 5) is 11.5. The number of hydrogen-bond donors (Lipinski definition) is 1. The molecule has 0 radical (unpaired) electrons. The summed E-state index contributed by atoms with van der Waals surface area (Å²) >= 11 is 9.52. The van der Waals surface area contributed by atoms with Gasteiger partial charge in [0.05, 0.1) is 11.6 Å². The van der Waals surface area contributed by atoms with Crippen molar-refractivity contribution < 1.29 is 9.90 Å². The first-order valence-corrected chi connectivity index (χ1v) is 7.23. The fourth-order valence-corrected chi connectivity index (χ4v) is 2.67. The van der Waals surface area contributed by atoms with Crippen molar-refractivity contribution in [3.63, 3.8) is 0 Å². The van der Waals surface area contributed by atoms with Crippen molar-refractivity contribution in [3.8, 4) is 0 Å². The molecule has 1 heterocycles. The van der Waals surface area contributed by atoms with Crippen LogP contribution in [0.3, 0.4) is 0 Å². The largest absolute Gasteiger partial charge is 0.481 e. The Kier molecular flexibility index (Phi) is 4.50. The Labute approximate surface area is 130 Å². The lowest BCUT2D eigenvalue weighted by atomic mass is 9.92. The quantitative estimate of drug-likeness (QED) is 0.910. The zero-order valence-electron chi connectivity index (χ0n) is 11.1. The number of rotatable bonds is 4. The van der Waals surface area contributed by atoms with Crippen LogP contribution in [0.4, 0.5) is 0 Å². The number of carboxylic acids is 1. The molecule has 0 amide bonds. The van der Waals surface area contributed by atoms with Crippen molar-refractivity contribution in [2.75, 3.05) is 0 Å². The Morgan fingerprint density at radius 3 is 2.50 bits per heavy atom. The molecule has 1 N–H and O–H groups in total. The monoisotopic (exact) mass is 356 g/mol. The Balaban J connectivity index is 2.35. The van der Waals surface area contributed by atoms with E-state index in [0.717, 1.165) is 21.3 Å². The van der Waals surface area contributed by atoms with Gasteiger partial charge in [0, 0.05) is 17.1 Å². The molecule has 0 aliphatic rings. The lowest BCUT2D eigenvalue weighted by Crippen LogP contribution is -2.15. The van der Waals surface area contributed by atoms with Crippen molar-refractivity contribution in [2.24, 2.45) is 7.05 Å². The smallest absolute Gasteiger partial charge is 0.311 e. The lowest BCUT2D eigenvalue weighted by molar-refractivity contribution is -0.138. The highest BCUT2D eigenvalue weighted by molar-refractivity contribution is 9.10. The van der Waals surface area contributed by atoms with E-state index in [2.05, 4.69) is 21.0 Å². The summed E-state index contributed by atoms with van der Waals surface area (Å²) in [5, 5.41) is 14.2. The fraction of sp³-hybridized carbons (Fsp3) is 0.286. The number of aromatic nitrogens is 2. The van der Waals surface area contributed by atoms with Crippen molar-refractivity contribution in [2.45, 2.75) is 19.3 Å². The molecule has 0 saturated carbocycles. The van der Waals surface area contributed by atoms with Gasteiger partial charge >= 0.3 is 5.97 Å². The third kappa shape index (κ3) is 3.04. The van der Waals surface area contributed by atoms with E-state index < -0.39 is 11.9 Å². The number of nitrogens with zero attached hydrogens (tertiary/aromatic N) is 2. The summed E-state index contributed by atoms with van der Waals surface area (Å²) in [5.74, 6) is -1.50. The molecule has 1 aromatic heterocycles. The molecule has 20 heavy (non-hydrogen) atoms. The van der Waals surface area contributed by atoms with E-state index in [9.17, 15) is 9.90 Å². The highest BCUT2D eigenvalue weighted by Crippen LogP contribution is 2.28. The second-order valence-corrected chi connectivity index (χ2v) is 5.90. The molecule has 4 nitrogen and oxygen atoms in total. The predicted molar refractivity (Wildman–Crippen MR) is 81.2 cm³/mol. The summed E-state index contributed by atoms with van der Waals surface area (Å²) < 4.78 is 2.48. The third-order valence-electron chi connectivity index (χ3n) is 3.25. The molecule has 2 aromatic rings. The van der Waals surface area contributed by atoms with Crippen molar-refractivity contribution in [3.05, 3.63) is 50.7 Å². The maximum Gasteiger partial charge on any atom is 0.311 e. The number of benzene rings is 1. The first-order valence-electron chi connectivity index (χ1n) is 6.06. The number of carbonyl (C=O) groups is 1. The van der Waals surface area contributed by atoms with Gasteiger partial charge in [0.1, 0.15) is 5.15 Å². The Morgan fingerprint density at radius 1 is 1.45 bits per heavy atom. The van der Waals surface area contributed by atoms with E-state index in [1.165, 1.54) is 0 Å². The third-order valence-corrected chi connectivity index (χ3v) is 4.25. The highest BCUT2D eigenvalue weighted by Gasteiger charge is 2.24. The molecule has 0 aliphatic carbocycles. The number of hydrogen-bond acceptors (Lipinski definition) is 2.